The molecule has 2 fully saturated rings. The predicted molar refractivity (Wildman–Crippen MR) is 176 cm³/mol. The molecule has 272 valence electrons. The van der Waals surface area contributed by atoms with Gasteiger partial charge in [0.05, 0.1) is 19.7 Å². The fraction of sp³-hybridized carbons (Fsp3) is 0.611. The van der Waals surface area contributed by atoms with Gasteiger partial charge in [0.25, 0.3) is 5.91 Å². The number of benzene rings is 1. The lowest BCUT2D eigenvalue weighted by molar-refractivity contribution is -0.165. The van der Waals surface area contributed by atoms with Gasteiger partial charge in [-0.15, -0.1) is 0 Å². The largest absolute Gasteiger partial charge is 0.464 e. The number of ether oxygens (including phenoxy) is 3. The van der Waals surface area contributed by atoms with Gasteiger partial charge in [-0.25, -0.2) is 18.8 Å². The van der Waals surface area contributed by atoms with E-state index in [1.165, 1.54) is 22.8 Å². The Bertz CT molecular complexity index is 1560. The normalized spacial score (nSPS) is 27.0. The Hall–Kier alpha value is -4.49. The molecule has 5 amide bonds. The number of allylic oxidation sites excluding steroid dienone is 1. The minimum Gasteiger partial charge on any atom is -0.464 e. The monoisotopic (exact) mass is 698 g/mol. The van der Waals surface area contributed by atoms with E-state index in [2.05, 4.69) is 5.32 Å². The van der Waals surface area contributed by atoms with E-state index in [1.807, 2.05) is 12.2 Å². The van der Waals surface area contributed by atoms with E-state index < -0.39 is 76.9 Å². The Morgan fingerprint density at radius 3 is 2.50 bits per heavy atom. The lowest BCUT2D eigenvalue weighted by Crippen LogP contribution is -2.59. The number of nitrogens with one attached hydrogen (secondary N) is 1. The number of carbonyl (C=O) groups excluding carboxylic acids is 6. The molecule has 1 aliphatic carbocycles. The van der Waals surface area contributed by atoms with E-state index in [9.17, 15) is 33.2 Å². The summed E-state index contributed by atoms with van der Waals surface area (Å²) in [6, 6.07) is 2.20. The van der Waals surface area contributed by atoms with Crippen LogP contribution in [0.5, 0.6) is 0 Å². The highest BCUT2D eigenvalue weighted by atomic mass is 19.1. The third-order valence-corrected chi connectivity index (χ3v) is 9.55. The van der Waals surface area contributed by atoms with Gasteiger partial charge in [-0.05, 0) is 65.0 Å². The van der Waals surface area contributed by atoms with Crippen LogP contribution >= 0.6 is 0 Å². The van der Waals surface area contributed by atoms with Crippen molar-refractivity contribution >= 4 is 35.9 Å². The van der Waals surface area contributed by atoms with Gasteiger partial charge < -0.3 is 24.4 Å². The van der Waals surface area contributed by atoms with Gasteiger partial charge in [-0.1, -0.05) is 37.1 Å². The molecule has 3 aliphatic heterocycles. The fourth-order valence-electron chi connectivity index (χ4n) is 7.17. The number of fused-ring (bicyclic) bond motifs is 3. The lowest BCUT2D eigenvalue weighted by atomic mass is 10.0. The number of carbonyl (C=O) groups is 6. The zero-order chi connectivity index (χ0) is 36.4. The molecule has 1 N–H and O–H groups in total. The van der Waals surface area contributed by atoms with Gasteiger partial charge in [-0.3, -0.25) is 24.2 Å². The van der Waals surface area contributed by atoms with Crippen molar-refractivity contribution < 1.29 is 47.4 Å². The smallest absolute Gasteiger partial charge is 0.410 e. The van der Waals surface area contributed by atoms with Crippen molar-refractivity contribution in [2.24, 2.45) is 5.92 Å². The molecule has 3 heterocycles. The van der Waals surface area contributed by atoms with Gasteiger partial charge >= 0.3 is 18.2 Å². The van der Waals surface area contributed by atoms with Crippen molar-refractivity contribution in [2.75, 3.05) is 13.2 Å². The Balaban J connectivity index is 1.47. The molecule has 5 rings (SSSR count). The van der Waals surface area contributed by atoms with Gasteiger partial charge in [0.15, 0.2) is 5.54 Å². The highest BCUT2D eigenvalue weighted by molar-refractivity contribution is 6.05. The molecule has 4 aliphatic rings. The highest BCUT2D eigenvalue weighted by Crippen LogP contribution is 2.51. The number of amides is 5. The number of alkyl carbamates (subject to hydrolysis) is 1. The number of rotatable bonds is 4. The SMILES string of the molecule is CCOC(=O)[C@@]12C[C@H]1C=CCCCCC[C@H](NC(=O)OC(C)(C)C)C(=O)N1C[C@H](OC(=O)N3Cc4cccc(F)c4C3)C[C@H]1C(=O)N2C(C)=O. The summed E-state index contributed by atoms with van der Waals surface area (Å²) in [5.74, 6) is -3.75. The van der Waals surface area contributed by atoms with Crippen LogP contribution in [0.25, 0.3) is 0 Å². The third-order valence-electron chi connectivity index (χ3n) is 9.55. The second-order valence-electron chi connectivity index (χ2n) is 14.4. The first-order chi connectivity index (χ1) is 23.7. The molecule has 0 aromatic heterocycles. The minimum atomic E-state index is -1.58. The molecular formula is C36H47FN4O9. The third kappa shape index (κ3) is 7.78. The summed E-state index contributed by atoms with van der Waals surface area (Å²) in [7, 11) is 0. The van der Waals surface area contributed by atoms with Crippen LogP contribution in [0.1, 0.15) is 90.7 Å². The molecule has 0 radical (unpaired) electrons. The summed E-state index contributed by atoms with van der Waals surface area (Å²) in [5, 5.41) is 2.67. The van der Waals surface area contributed by atoms with E-state index in [0.717, 1.165) is 17.7 Å². The molecule has 0 unspecified atom stereocenters. The van der Waals surface area contributed by atoms with E-state index >= 15 is 0 Å². The van der Waals surface area contributed by atoms with Crippen LogP contribution in [0.2, 0.25) is 0 Å². The summed E-state index contributed by atoms with van der Waals surface area (Å²) >= 11 is 0. The highest BCUT2D eigenvalue weighted by Gasteiger charge is 2.68. The van der Waals surface area contributed by atoms with Crippen LogP contribution in [-0.4, -0.2) is 93.1 Å². The van der Waals surface area contributed by atoms with Crippen molar-refractivity contribution in [3.05, 3.63) is 47.3 Å². The van der Waals surface area contributed by atoms with Crippen LogP contribution in [0.4, 0.5) is 14.0 Å². The molecule has 1 saturated heterocycles. The fourth-order valence-corrected chi connectivity index (χ4v) is 7.17. The average Bonchev–Trinajstić information content (AvgIpc) is 3.35. The van der Waals surface area contributed by atoms with E-state index in [4.69, 9.17) is 14.2 Å². The van der Waals surface area contributed by atoms with Crippen LogP contribution in [0.15, 0.2) is 30.4 Å². The zero-order valence-electron chi connectivity index (χ0n) is 29.4. The van der Waals surface area contributed by atoms with Crippen molar-refractivity contribution in [1.82, 2.24) is 20.0 Å². The number of hydrogen-bond donors (Lipinski definition) is 1. The predicted octanol–water partition coefficient (Wildman–Crippen LogP) is 4.36. The molecule has 5 atom stereocenters. The summed E-state index contributed by atoms with van der Waals surface area (Å²) in [5.41, 5.74) is -1.39. The summed E-state index contributed by atoms with van der Waals surface area (Å²) in [6.07, 6.45) is 4.21. The number of esters is 1. The number of imide groups is 1. The molecule has 50 heavy (non-hydrogen) atoms. The standard InChI is InChI=1S/C36H47FN4O9/c1-6-48-32(45)36-18-24(36)14-10-8-7-9-11-16-28(38-33(46)50-35(3,4)5)30(43)40-20-25(17-29(40)31(44)41(36)22(2)42)49-34(47)39-19-23-13-12-15-27(37)26(23)21-39/h10,12-15,24-25,28-29H,6-9,11,16-21H2,1-5H3,(H,38,46)/t24-,25-,28+,29+,36-/m1/s1. The van der Waals surface area contributed by atoms with Crippen LogP contribution in [0.3, 0.4) is 0 Å². The zero-order valence-corrected chi connectivity index (χ0v) is 29.4. The molecule has 1 aromatic carbocycles. The Morgan fingerprint density at radius 2 is 1.82 bits per heavy atom. The first-order valence-electron chi connectivity index (χ1n) is 17.4. The molecule has 0 bridgehead atoms. The summed E-state index contributed by atoms with van der Waals surface area (Å²) < 4.78 is 31.1. The van der Waals surface area contributed by atoms with Crippen LogP contribution in [-0.2, 0) is 46.5 Å². The van der Waals surface area contributed by atoms with Crippen molar-refractivity contribution in [2.45, 2.75) is 122 Å². The molecule has 14 heteroatoms. The Morgan fingerprint density at radius 1 is 1.06 bits per heavy atom. The van der Waals surface area contributed by atoms with Gasteiger partial charge in [-0.2, -0.15) is 0 Å². The van der Waals surface area contributed by atoms with Gasteiger partial charge in [0, 0.05) is 31.4 Å². The second kappa shape index (κ2) is 14.8. The first kappa shape index (κ1) is 36.8. The Labute approximate surface area is 291 Å². The maximum absolute atomic E-state index is 14.6. The van der Waals surface area contributed by atoms with Crippen molar-refractivity contribution in [3.8, 4) is 0 Å². The van der Waals surface area contributed by atoms with Gasteiger partial charge in [0.1, 0.15) is 29.6 Å². The maximum atomic E-state index is 14.6. The average molecular weight is 699 g/mol. The maximum Gasteiger partial charge on any atom is 0.410 e. The Kier molecular flexibility index (Phi) is 10.9. The van der Waals surface area contributed by atoms with Crippen LogP contribution < -0.4 is 5.32 Å². The number of hydrogen-bond acceptors (Lipinski definition) is 9. The van der Waals surface area contributed by atoms with E-state index in [-0.39, 0.29) is 45.5 Å². The number of halogens is 1. The molecule has 13 nitrogen and oxygen atoms in total. The van der Waals surface area contributed by atoms with Crippen molar-refractivity contribution in [3.63, 3.8) is 0 Å². The van der Waals surface area contributed by atoms with Gasteiger partial charge in [0.2, 0.25) is 11.8 Å². The number of nitrogens with zero attached hydrogens (tertiary/aromatic N) is 3. The van der Waals surface area contributed by atoms with E-state index in [0.29, 0.717) is 24.0 Å². The lowest BCUT2D eigenvalue weighted by Gasteiger charge is -2.34. The second-order valence-corrected chi connectivity index (χ2v) is 14.4. The quantitative estimate of drug-likeness (QED) is 0.275. The molecule has 1 aromatic rings. The minimum absolute atomic E-state index is 0.00444. The molecule has 1 saturated carbocycles. The summed E-state index contributed by atoms with van der Waals surface area (Å²) in [4.78, 5) is 85.5. The van der Waals surface area contributed by atoms with Crippen LogP contribution in [0, 0.1) is 11.7 Å². The van der Waals surface area contributed by atoms with Crippen molar-refractivity contribution in [1.29, 1.82) is 0 Å². The topological polar surface area (TPSA) is 152 Å². The van der Waals surface area contributed by atoms with E-state index in [1.54, 1.807) is 39.8 Å². The first-order valence-corrected chi connectivity index (χ1v) is 17.4. The summed E-state index contributed by atoms with van der Waals surface area (Å²) in [6.45, 7) is 7.84. The molecule has 0 spiro atoms. The molecular weight excluding hydrogens is 651 g/mol.